The highest BCUT2D eigenvalue weighted by Crippen LogP contribution is 2.28. The van der Waals surface area contributed by atoms with Gasteiger partial charge in [-0.15, -0.1) is 11.3 Å². The van der Waals surface area contributed by atoms with Gasteiger partial charge in [-0.05, 0) is 39.9 Å². The van der Waals surface area contributed by atoms with Gasteiger partial charge in [0.2, 0.25) is 0 Å². The number of aryl methyl sites for hydroxylation is 1. The molecule has 0 spiro atoms. The smallest absolute Gasteiger partial charge is 0.0593 e. The zero-order valence-electron chi connectivity index (χ0n) is 7.62. The predicted molar refractivity (Wildman–Crippen MR) is 64.3 cm³/mol. The zero-order valence-corrected chi connectivity index (χ0v) is 10.0. The minimum Gasteiger partial charge on any atom is -0.354 e. The summed E-state index contributed by atoms with van der Waals surface area (Å²) in [6, 6.07) is 1.95. The molecule has 2 nitrogen and oxygen atoms in total. The van der Waals surface area contributed by atoms with Crippen LogP contribution in [0.15, 0.2) is 33.7 Å². The van der Waals surface area contributed by atoms with Crippen LogP contribution >= 0.6 is 27.3 Å². The second-order valence-corrected chi connectivity index (χ2v) is 4.55. The summed E-state index contributed by atoms with van der Waals surface area (Å²) in [5, 5.41) is 7.57. The van der Waals surface area contributed by atoms with Crippen molar-refractivity contribution >= 4 is 38.6 Å². The molecule has 0 atom stereocenters. The van der Waals surface area contributed by atoms with E-state index in [1.807, 2.05) is 6.07 Å². The first-order valence-electron chi connectivity index (χ1n) is 4.16. The van der Waals surface area contributed by atoms with Crippen LogP contribution in [0.4, 0.5) is 11.4 Å². The Bertz CT molecular complexity index is 439. The van der Waals surface area contributed by atoms with Crippen LogP contribution in [-0.2, 0) is 0 Å². The summed E-state index contributed by atoms with van der Waals surface area (Å²) in [6.07, 6.45) is 3.55. The fourth-order valence-corrected chi connectivity index (χ4v) is 2.24. The number of pyridine rings is 1. The maximum absolute atomic E-state index is 4.01. The Kier molecular flexibility index (Phi) is 2.84. The third kappa shape index (κ3) is 1.96. The van der Waals surface area contributed by atoms with E-state index >= 15 is 0 Å². The lowest BCUT2D eigenvalue weighted by Gasteiger charge is -2.06. The summed E-state index contributed by atoms with van der Waals surface area (Å²) >= 11 is 5.14. The van der Waals surface area contributed by atoms with Gasteiger partial charge in [0.1, 0.15) is 0 Å². The van der Waals surface area contributed by atoms with Crippen molar-refractivity contribution in [2.75, 3.05) is 5.32 Å². The first-order chi connectivity index (χ1) is 6.77. The number of anilines is 2. The van der Waals surface area contributed by atoms with Crippen molar-refractivity contribution < 1.29 is 0 Å². The van der Waals surface area contributed by atoms with E-state index in [9.17, 15) is 0 Å². The van der Waals surface area contributed by atoms with E-state index in [0.717, 1.165) is 15.8 Å². The van der Waals surface area contributed by atoms with Gasteiger partial charge in [-0.25, -0.2) is 0 Å². The lowest BCUT2D eigenvalue weighted by molar-refractivity contribution is 1.30. The first kappa shape index (κ1) is 9.68. The monoisotopic (exact) mass is 268 g/mol. The van der Waals surface area contributed by atoms with E-state index in [1.54, 1.807) is 23.7 Å². The molecule has 14 heavy (non-hydrogen) atoms. The summed E-state index contributed by atoms with van der Waals surface area (Å²) in [4.78, 5) is 4.01. The molecular formula is C10H9BrN2S. The second kappa shape index (κ2) is 4.11. The van der Waals surface area contributed by atoms with Crippen LogP contribution in [0, 0.1) is 6.92 Å². The van der Waals surface area contributed by atoms with Crippen molar-refractivity contribution in [2.45, 2.75) is 6.92 Å². The van der Waals surface area contributed by atoms with Crippen molar-refractivity contribution in [3.05, 3.63) is 39.3 Å². The molecule has 0 aliphatic carbocycles. The number of rotatable bonds is 2. The Morgan fingerprint density at radius 3 is 2.86 bits per heavy atom. The molecule has 4 heteroatoms. The number of hydrogen-bond acceptors (Lipinski definition) is 3. The van der Waals surface area contributed by atoms with E-state index in [0.29, 0.717) is 0 Å². The number of thiophene rings is 1. The van der Waals surface area contributed by atoms with Gasteiger partial charge in [0.15, 0.2) is 0 Å². The molecule has 2 aromatic rings. The third-order valence-corrected chi connectivity index (χ3v) is 3.39. The number of aromatic nitrogens is 1. The van der Waals surface area contributed by atoms with E-state index in [1.165, 1.54) is 5.56 Å². The molecule has 0 aliphatic rings. The quantitative estimate of drug-likeness (QED) is 0.892. The molecule has 2 heterocycles. The molecule has 72 valence electrons. The summed E-state index contributed by atoms with van der Waals surface area (Å²) in [7, 11) is 0. The van der Waals surface area contributed by atoms with Crippen molar-refractivity contribution in [2.24, 2.45) is 0 Å². The molecule has 0 unspecified atom stereocenters. The topological polar surface area (TPSA) is 24.9 Å². The predicted octanol–water partition coefficient (Wildman–Crippen LogP) is 3.96. The maximum atomic E-state index is 4.01. The summed E-state index contributed by atoms with van der Waals surface area (Å²) in [5.74, 6) is 0. The van der Waals surface area contributed by atoms with Crippen LogP contribution in [0.1, 0.15) is 5.56 Å². The lowest BCUT2D eigenvalue weighted by atomic mass is 10.3. The van der Waals surface area contributed by atoms with Crippen molar-refractivity contribution in [3.8, 4) is 0 Å². The van der Waals surface area contributed by atoms with Gasteiger partial charge in [0.25, 0.3) is 0 Å². The fourth-order valence-electron chi connectivity index (χ4n) is 1.11. The molecule has 1 N–H and O–H groups in total. The third-order valence-electron chi connectivity index (χ3n) is 1.90. The Morgan fingerprint density at radius 1 is 1.36 bits per heavy atom. The molecule has 2 aromatic heterocycles. The van der Waals surface area contributed by atoms with Gasteiger partial charge in [0, 0.05) is 17.8 Å². The SMILES string of the molecule is Cc1cscc1Nc1ccncc1Br. The van der Waals surface area contributed by atoms with E-state index in [4.69, 9.17) is 0 Å². The molecule has 0 aromatic carbocycles. The van der Waals surface area contributed by atoms with Crippen LogP contribution < -0.4 is 5.32 Å². The Morgan fingerprint density at radius 2 is 2.21 bits per heavy atom. The van der Waals surface area contributed by atoms with Crippen molar-refractivity contribution in [1.29, 1.82) is 0 Å². The Hall–Kier alpha value is -0.870. The van der Waals surface area contributed by atoms with Crippen LogP contribution in [0.3, 0.4) is 0 Å². The number of hydrogen-bond donors (Lipinski definition) is 1. The standard InChI is InChI=1S/C10H9BrN2S/c1-7-5-14-6-10(7)13-9-2-3-12-4-8(9)11/h2-6H,1H3,(H,12,13). The van der Waals surface area contributed by atoms with Crippen LogP contribution in [-0.4, -0.2) is 4.98 Å². The fraction of sp³-hybridized carbons (Fsp3) is 0.100. The highest BCUT2D eigenvalue weighted by atomic mass is 79.9. The molecule has 0 saturated carbocycles. The average Bonchev–Trinajstić information content (AvgIpc) is 2.56. The molecule has 0 fully saturated rings. The number of nitrogens with one attached hydrogen (secondary N) is 1. The van der Waals surface area contributed by atoms with Crippen molar-refractivity contribution in [3.63, 3.8) is 0 Å². The minimum absolute atomic E-state index is 0.977. The average molecular weight is 269 g/mol. The Balaban J connectivity index is 2.28. The van der Waals surface area contributed by atoms with Crippen LogP contribution in [0.5, 0.6) is 0 Å². The highest BCUT2D eigenvalue weighted by Gasteiger charge is 2.02. The molecule has 2 rings (SSSR count). The molecule has 0 radical (unpaired) electrons. The van der Waals surface area contributed by atoms with Gasteiger partial charge in [-0.1, -0.05) is 0 Å². The van der Waals surface area contributed by atoms with E-state index in [-0.39, 0.29) is 0 Å². The number of halogens is 1. The lowest BCUT2D eigenvalue weighted by Crippen LogP contribution is -1.91. The first-order valence-corrected chi connectivity index (χ1v) is 5.90. The summed E-state index contributed by atoms with van der Waals surface area (Å²) in [5.41, 5.74) is 3.46. The number of nitrogens with zero attached hydrogens (tertiary/aromatic N) is 1. The van der Waals surface area contributed by atoms with E-state index < -0.39 is 0 Å². The van der Waals surface area contributed by atoms with Gasteiger partial charge in [-0.3, -0.25) is 4.98 Å². The largest absolute Gasteiger partial charge is 0.354 e. The van der Waals surface area contributed by atoms with Gasteiger partial charge < -0.3 is 5.32 Å². The van der Waals surface area contributed by atoms with Crippen LogP contribution in [0.2, 0.25) is 0 Å². The normalized spacial score (nSPS) is 10.1. The summed E-state index contributed by atoms with van der Waals surface area (Å²) < 4.78 is 0.977. The van der Waals surface area contributed by atoms with E-state index in [2.05, 4.69) is 43.9 Å². The Labute approximate surface area is 95.1 Å². The molecule has 0 amide bonds. The molecule has 0 bridgehead atoms. The zero-order chi connectivity index (χ0) is 9.97. The minimum atomic E-state index is 0.977. The van der Waals surface area contributed by atoms with Gasteiger partial charge in [-0.2, -0.15) is 0 Å². The van der Waals surface area contributed by atoms with Gasteiger partial charge in [0.05, 0.1) is 15.8 Å². The summed E-state index contributed by atoms with van der Waals surface area (Å²) in [6.45, 7) is 2.09. The second-order valence-electron chi connectivity index (χ2n) is 2.95. The van der Waals surface area contributed by atoms with Crippen molar-refractivity contribution in [1.82, 2.24) is 4.98 Å². The molecule has 0 aliphatic heterocycles. The maximum Gasteiger partial charge on any atom is 0.0593 e. The van der Waals surface area contributed by atoms with Crippen LogP contribution in [0.25, 0.3) is 0 Å². The highest BCUT2D eigenvalue weighted by molar-refractivity contribution is 9.10. The molecule has 0 saturated heterocycles. The van der Waals surface area contributed by atoms with Gasteiger partial charge >= 0.3 is 0 Å². The molecular weight excluding hydrogens is 260 g/mol.